The van der Waals surface area contributed by atoms with Gasteiger partial charge in [-0.05, 0) is 13.0 Å². The molecule has 1 amide bonds. The predicted octanol–water partition coefficient (Wildman–Crippen LogP) is 1.37. The van der Waals surface area contributed by atoms with Crippen LogP contribution in [0, 0.1) is 6.92 Å². The molecule has 64 valence electrons. The van der Waals surface area contributed by atoms with Crippen LogP contribution in [0.2, 0.25) is 0 Å². The molecule has 1 aromatic heterocycles. The van der Waals surface area contributed by atoms with Crippen molar-refractivity contribution < 1.29 is 13.9 Å². The molecule has 1 fully saturated rings. The molecule has 2 heterocycles. The molecule has 0 aliphatic carbocycles. The lowest BCUT2D eigenvalue weighted by Gasteiger charge is -2.04. The summed E-state index contributed by atoms with van der Waals surface area (Å²) in [6, 6.07) is 1.82. The summed E-state index contributed by atoms with van der Waals surface area (Å²) >= 11 is 0. The van der Waals surface area contributed by atoms with Crippen LogP contribution in [-0.2, 0) is 4.74 Å². The largest absolute Gasteiger partial charge is 0.469 e. The Morgan fingerprint density at radius 2 is 2.50 bits per heavy atom. The third kappa shape index (κ3) is 1.05. The van der Waals surface area contributed by atoms with Gasteiger partial charge in [0.25, 0.3) is 0 Å². The van der Waals surface area contributed by atoms with Crippen molar-refractivity contribution in [3.63, 3.8) is 0 Å². The van der Waals surface area contributed by atoms with E-state index in [1.165, 1.54) is 0 Å². The van der Waals surface area contributed by atoms with Crippen LogP contribution in [-0.4, -0.2) is 12.6 Å². The lowest BCUT2D eigenvalue weighted by Crippen LogP contribution is -2.12. The highest BCUT2D eigenvalue weighted by Crippen LogP contribution is 2.24. The standard InChI is InChI=1S/C8H9NO3/c1-5-6(2-3-11-5)7-4-9-8(10)12-7/h2-3,7H,4H2,1H3,(H,9,10). The van der Waals surface area contributed by atoms with Gasteiger partial charge in [0.15, 0.2) is 0 Å². The highest BCUT2D eigenvalue weighted by molar-refractivity contribution is 5.69. The van der Waals surface area contributed by atoms with E-state index in [1.807, 2.05) is 13.0 Å². The topological polar surface area (TPSA) is 51.5 Å². The number of ether oxygens (including phenoxy) is 1. The number of carbonyl (C=O) groups excluding carboxylic acids is 1. The number of hydrogen-bond donors (Lipinski definition) is 1. The summed E-state index contributed by atoms with van der Waals surface area (Å²) < 4.78 is 10.1. The normalized spacial score (nSPS) is 22.1. The molecule has 0 aromatic carbocycles. The second-order valence-corrected chi connectivity index (χ2v) is 2.71. The zero-order valence-corrected chi connectivity index (χ0v) is 6.66. The second kappa shape index (κ2) is 2.55. The monoisotopic (exact) mass is 167 g/mol. The fraction of sp³-hybridized carbons (Fsp3) is 0.375. The van der Waals surface area contributed by atoms with E-state index in [0.717, 1.165) is 11.3 Å². The first kappa shape index (κ1) is 7.21. The van der Waals surface area contributed by atoms with Gasteiger partial charge < -0.3 is 14.5 Å². The Bertz CT molecular complexity index is 305. The SMILES string of the molecule is Cc1occc1C1CNC(=O)O1. The maximum atomic E-state index is 10.7. The Morgan fingerprint density at radius 3 is 3.00 bits per heavy atom. The molecule has 0 spiro atoms. The highest BCUT2D eigenvalue weighted by atomic mass is 16.6. The predicted molar refractivity (Wildman–Crippen MR) is 40.7 cm³/mol. The quantitative estimate of drug-likeness (QED) is 0.687. The van der Waals surface area contributed by atoms with Crippen molar-refractivity contribution in [3.8, 4) is 0 Å². The summed E-state index contributed by atoms with van der Waals surface area (Å²) in [5.41, 5.74) is 0.938. The van der Waals surface area contributed by atoms with Crippen molar-refractivity contribution in [1.82, 2.24) is 5.32 Å². The molecule has 4 nitrogen and oxygen atoms in total. The van der Waals surface area contributed by atoms with Gasteiger partial charge in [-0.2, -0.15) is 0 Å². The van der Waals surface area contributed by atoms with E-state index in [-0.39, 0.29) is 12.2 Å². The Hall–Kier alpha value is -1.45. The minimum absolute atomic E-state index is 0.184. The first-order valence-corrected chi connectivity index (χ1v) is 3.76. The van der Waals surface area contributed by atoms with Gasteiger partial charge in [-0.25, -0.2) is 4.79 Å². The number of cyclic esters (lactones) is 1. The molecule has 0 saturated carbocycles. The first-order valence-electron chi connectivity index (χ1n) is 3.76. The molecule has 1 saturated heterocycles. The second-order valence-electron chi connectivity index (χ2n) is 2.71. The van der Waals surface area contributed by atoms with Crippen LogP contribution in [0.1, 0.15) is 17.4 Å². The summed E-state index contributed by atoms with van der Waals surface area (Å²) in [7, 11) is 0. The van der Waals surface area contributed by atoms with Crippen LogP contribution in [0.15, 0.2) is 16.7 Å². The van der Waals surface area contributed by atoms with Crippen molar-refractivity contribution in [2.45, 2.75) is 13.0 Å². The average Bonchev–Trinajstić information content (AvgIpc) is 2.58. The summed E-state index contributed by atoms with van der Waals surface area (Å²) in [5.74, 6) is 0.802. The molecule has 1 aliphatic heterocycles. The maximum Gasteiger partial charge on any atom is 0.407 e. The number of alkyl carbamates (subject to hydrolysis) is 1. The van der Waals surface area contributed by atoms with Gasteiger partial charge >= 0.3 is 6.09 Å². The fourth-order valence-corrected chi connectivity index (χ4v) is 1.29. The van der Waals surface area contributed by atoms with Crippen LogP contribution in [0.5, 0.6) is 0 Å². The number of aryl methyl sites for hydroxylation is 1. The molecule has 2 rings (SSSR count). The van der Waals surface area contributed by atoms with Crippen molar-refractivity contribution in [2.75, 3.05) is 6.54 Å². The average molecular weight is 167 g/mol. The van der Waals surface area contributed by atoms with E-state index < -0.39 is 0 Å². The van der Waals surface area contributed by atoms with E-state index in [9.17, 15) is 4.79 Å². The minimum atomic E-state index is -0.361. The molecular formula is C8H9NO3. The van der Waals surface area contributed by atoms with E-state index >= 15 is 0 Å². The maximum absolute atomic E-state index is 10.7. The molecule has 1 N–H and O–H groups in total. The molecule has 0 radical (unpaired) electrons. The number of carbonyl (C=O) groups is 1. The Morgan fingerprint density at radius 1 is 1.67 bits per heavy atom. The van der Waals surface area contributed by atoms with Crippen molar-refractivity contribution in [3.05, 3.63) is 23.7 Å². The Labute approximate surface area is 69.5 Å². The summed E-state index contributed by atoms with van der Waals surface area (Å²) in [6.45, 7) is 2.38. The molecule has 4 heteroatoms. The summed E-state index contributed by atoms with van der Waals surface area (Å²) in [6.07, 6.45) is 1.05. The number of amides is 1. The lowest BCUT2D eigenvalue weighted by atomic mass is 10.1. The van der Waals surface area contributed by atoms with Crippen LogP contribution in [0.4, 0.5) is 4.79 Å². The molecule has 1 atom stereocenters. The van der Waals surface area contributed by atoms with E-state index in [2.05, 4.69) is 5.32 Å². The smallest absolute Gasteiger partial charge is 0.407 e. The Kier molecular flexibility index (Phi) is 1.53. The third-order valence-corrected chi connectivity index (χ3v) is 1.93. The fourth-order valence-electron chi connectivity index (χ4n) is 1.29. The van der Waals surface area contributed by atoms with E-state index in [0.29, 0.717) is 6.54 Å². The third-order valence-electron chi connectivity index (χ3n) is 1.93. The molecule has 0 bridgehead atoms. The zero-order chi connectivity index (χ0) is 8.55. The van der Waals surface area contributed by atoms with Crippen LogP contribution >= 0.6 is 0 Å². The van der Waals surface area contributed by atoms with E-state index in [4.69, 9.17) is 9.15 Å². The Balaban J connectivity index is 2.21. The van der Waals surface area contributed by atoms with Gasteiger partial charge in [-0.1, -0.05) is 0 Å². The van der Waals surface area contributed by atoms with E-state index in [1.54, 1.807) is 6.26 Å². The van der Waals surface area contributed by atoms with Gasteiger partial charge in [0.05, 0.1) is 12.8 Å². The lowest BCUT2D eigenvalue weighted by molar-refractivity contribution is 0.140. The zero-order valence-electron chi connectivity index (χ0n) is 6.66. The van der Waals surface area contributed by atoms with Crippen molar-refractivity contribution in [2.24, 2.45) is 0 Å². The number of furan rings is 1. The summed E-state index contributed by atoms with van der Waals surface area (Å²) in [5, 5.41) is 2.58. The molecule has 1 aliphatic rings. The van der Waals surface area contributed by atoms with Crippen LogP contribution in [0.3, 0.4) is 0 Å². The molecular weight excluding hydrogens is 158 g/mol. The molecule has 1 unspecified atom stereocenters. The van der Waals surface area contributed by atoms with Gasteiger partial charge in [-0.15, -0.1) is 0 Å². The van der Waals surface area contributed by atoms with Crippen LogP contribution < -0.4 is 5.32 Å². The van der Waals surface area contributed by atoms with Gasteiger partial charge in [0.2, 0.25) is 0 Å². The van der Waals surface area contributed by atoms with Gasteiger partial charge in [0, 0.05) is 5.56 Å². The summed E-state index contributed by atoms with van der Waals surface area (Å²) in [4.78, 5) is 10.7. The number of rotatable bonds is 1. The van der Waals surface area contributed by atoms with Crippen LogP contribution in [0.25, 0.3) is 0 Å². The first-order chi connectivity index (χ1) is 5.77. The minimum Gasteiger partial charge on any atom is -0.469 e. The van der Waals surface area contributed by atoms with Gasteiger partial charge in [-0.3, -0.25) is 0 Å². The van der Waals surface area contributed by atoms with Crippen molar-refractivity contribution in [1.29, 1.82) is 0 Å². The van der Waals surface area contributed by atoms with Gasteiger partial charge in [0.1, 0.15) is 11.9 Å². The number of nitrogens with one attached hydrogen (secondary N) is 1. The molecule has 12 heavy (non-hydrogen) atoms. The van der Waals surface area contributed by atoms with Crippen molar-refractivity contribution >= 4 is 6.09 Å². The number of hydrogen-bond acceptors (Lipinski definition) is 3. The highest BCUT2D eigenvalue weighted by Gasteiger charge is 2.26. The molecule has 1 aromatic rings.